The molecule has 0 amide bonds. The van der Waals surface area contributed by atoms with Gasteiger partial charge in [-0.05, 0) is 27.0 Å². The third-order valence-corrected chi connectivity index (χ3v) is 4.45. The molecule has 0 saturated heterocycles. The number of rotatable bonds is 6. The first-order valence-electron chi connectivity index (χ1n) is 6.40. The van der Waals surface area contributed by atoms with Gasteiger partial charge in [-0.3, -0.25) is 5.10 Å². The Morgan fingerprint density at radius 2 is 2.05 bits per heavy atom. The predicted octanol–water partition coefficient (Wildman–Crippen LogP) is 0.0144. The molecule has 3 N–H and O–H groups in total. The number of aromatic amines is 1. The number of aromatic nitrogens is 4. The Bertz CT molecular complexity index is 725. The minimum Gasteiger partial charge on any atom is -0.314 e. The van der Waals surface area contributed by atoms with Crippen molar-refractivity contribution in [2.24, 2.45) is 0 Å². The van der Waals surface area contributed by atoms with Gasteiger partial charge in [0.1, 0.15) is 10.7 Å². The molecule has 0 saturated carbocycles. The van der Waals surface area contributed by atoms with E-state index in [0.717, 1.165) is 0 Å². The van der Waals surface area contributed by atoms with E-state index in [-0.39, 0.29) is 11.4 Å². The molecule has 21 heavy (non-hydrogen) atoms. The van der Waals surface area contributed by atoms with Crippen LogP contribution in [0.2, 0.25) is 0 Å². The number of nitrogens with one attached hydrogen (secondary N) is 3. The van der Waals surface area contributed by atoms with E-state index in [2.05, 4.69) is 30.2 Å². The minimum atomic E-state index is -3.66. The van der Waals surface area contributed by atoms with Crippen LogP contribution >= 0.6 is 0 Å². The Labute approximate surface area is 123 Å². The van der Waals surface area contributed by atoms with Crippen LogP contribution in [-0.4, -0.2) is 35.6 Å². The summed E-state index contributed by atoms with van der Waals surface area (Å²) in [6.07, 6.45) is 1.60. The maximum atomic E-state index is 12.4. The largest absolute Gasteiger partial charge is 0.314 e. The van der Waals surface area contributed by atoms with E-state index in [1.807, 2.05) is 0 Å². The van der Waals surface area contributed by atoms with Gasteiger partial charge >= 0.3 is 0 Å². The van der Waals surface area contributed by atoms with E-state index in [0.29, 0.717) is 29.5 Å². The zero-order valence-corrected chi connectivity index (χ0v) is 13.0. The number of hydrogen-bond acceptors (Lipinski definition) is 6. The van der Waals surface area contributed by atoms with Crippen LogP contribution in [0.4, 0.5) is 0 Å². The van der Waals surface area contributed by atoms with Gasteiger partial charge in [0, 0.05) is 12.7 Å². The molecule has 0 radical (unpaired) electrons. The van der Waals surface area contributed by atoms with E-state index in [9.17, 15) is 8.42 Å². The Kier molecular flexibility index (Phi) is 4.66. The molecular weight excluding hydrogens is 292 g/mol. The second-order valence-electron chi connectivity index (χ2n) is 4.57. The lowest BCUT2D eigenvalue weighted by molar-refractivity contribution is 0.577. The molecule has 0 aliphatic carbocycles. The first-order chi connectivity index (χ1) is 9.94. The summed E-state index contributed by atoms with van der Waals surface area (Å²) >= 11 is 0. The SMILES string of the molecule is CNCc1n[nH]c(C)c1S(=O)(=O)NCc1ccnc(C)n1. The zero-order chi connectivity index (χ0) is 15.5. The fourth-order valence-electron chi connectivity index (χ4n) is 1.96. The molecule has 8 nitrogen and oxygen atoms in total. The van der Waals surface area contributed by atoms with Crippen molar-refractivity contribution in [1.29, 1.82) is 0 Å². The van der Waals surface area contributed by atoms with Crippen molar-refractivity contribution in [2.75, 3.05) is 7.05 Å². The van der Waals surface area contributed by atoms with Gasteiger partial charge in [-0.2, -0.15) is 5.10 Å². The summed E-state index contributed by atoms with van der Waals surface area (Å²) < 4.78 is 27.4. The van der Waals surface area contributed by atoms with Crippen LogP contribution in [-0.2, 0) is 23.1 Å². The first-order valence-corrected chi connectivity index (χ1v) is 7.89. The second-order valence-corrected chi connectivity index (χ2v) is 6.28. The molecule has 0 fully saturated rings. The fraction of sp³-hybridized carbons (Fsp3) is 0.417. The third kappa shape index (κ3) is 3.63. The molecule has 0 aromatic carbocycles. The molecule has 0 unspecified atom stereocenters. The van der Waals surface area contributed by atoms with E-state index < -0.39 is 10.0 Å². The number of H-pyrrole nitrogens is 1. The summed E-state index contributed by atoms with van der Waals surface area (Å²) in [5, 5.41) is 9.60. The molecule has 2 heterocycles. The fourth-order valence-corrected chi connectivity index (χ4v) is 3.32. The quantitative estimate of drug-likeness (QED) is 0.693. The highest BCUT2D eigenvalue weighted by molar-refractivity contribution is 7.89. The molecule has 0 aliphatic rings. The second kappa shape index (κ2) is 6.29. The van der Waals surface area contributed by atoms with Crippen molar-refractivity contribution in [3.8, 4) is 0 Å². The number of hydrogen-bond donors (Lipinski definition) is 3. The third-order valence-electron chi connectivity index (χ3n) is 2.85. The van der Waals surface area contributed by atoms with Crippen LogP contribution in [0.1, 0.15) is 22.9 Å². The zero-order valence-electron chi connectivity index (χ0n) is 12.1. The molecule has 0 bridgehead atoms. The molecule has 114 valence electrons. The predicted molar refractivity (Wildman–Crippen MR) is 76.9 cm³/mol. The molecule has 2 aromatic heterocycles. The Morgan fingerprint density at radius 1 is 1.29 bits per heavy atom. The normalized spacial score (nSPS) is 11.8. The van der Waals surface area contributed by atoms with Crippen molar-refractivity contribution in [3.05, 3.63) is 35.2 Å². The van der Waals surface area contributed by atoms with Gasteiger partial charge in [0.2, 0.25) is 10.0 Å². The lowest BCUT2D eigenvalue weighted by Crippen LogP contribution is -2.26. The smallest absolute Gasteiger partial charge is 0.244 e. The van der Waals surface area contributed by atoms with Crippen molar-refractivity contribution in [1.82, 2.24) is 30.2 Å². The van der Waals surface area contributed by atoms with E-state index in [1.165, 1.54) is 0 Å². The van der Waals surface area contributed by atoms with Gasteiger partial charge in [-0.25, -0.2) is 23.1 Å². The molecule has 2 rings (SSSR count). The van der Waals surface area contributed by atoms with Gasteiger partial charge in [-0.1, -0.05) is 0 Å². The standard InChI is InChI=1S/C12H18N6O2S/c1-8-12(11(7-13-3)18-17-8)21(19,20)15-6-10-4-5-14-9(2)16-10/h4-5,13,15H,6-7H2,1-3H3,(H,17,18). The van der Waals surface area contributed by atoms with Gasteiger partial charge in [0.25, 0.3) is 0 Å². The van der Waals surface area contributed by atoms with E-state index in [4.69, 9.17) is 0 Å². The monoisotopic (exact) mass is 310 g/mol. The van der Waals surface area contributed by atoms with E-state index >= 15 is 0 Å². The Hall–Kier alpha value is -1.84. The number of sulfonamides is 1. The van der Waals surface area contributed by atoms with Crippen LogP contribution < -0.4 is 10.0 Å². The van der Waals surface area contributed by atoms with Crippen molar-refractivity contribution in [2.45, 2.75) is 31.8 Å². The molecular formula is C12H18N6O2S. The van der Waals surface area contributed by atoms with Gasteiger partial charge in [-0.15, -0.1) is 0 Å². The summed E-state index contributed by atoms with van der Waals surface area (Å²) in [4.78, 5) is 8.32. The summed E-state index contributed by atoms with van der Waals surface area (Å²) in [5.74, 6) is 0.599. The molecule has 9 heteroatoms. The Morgan fingerprint density at radius 3 is 2.71 bits per heavy atom. The topological polar surface area (TPSA) is 113 Å². The summed E-state index contributed by atoms with van der Waals surface area (Å²) in [6, 6.07) is 1.67. The van der Waals surface area contributed by atoms with Crippen LogP contribution in [0.3, 0.4) is 0 Å². The van der Waals surface area contributed by atoms with Gasteiger partial charge in [0.05, 0.1) is 23.6 Å². The average molecular weight is 310 g/mol. The molecule has 0 spiro atoms. The van der Waals surface area contributed by atoms with Crippen molar-refractivity contribution >= 4 is 10.0 Å². The summed E-state index contributed by atoms with van der Waals surface area (Å²) in [7, 11) is -1.92. The summed E-state index contributed by atoms with van der Waals surface area (Å²) in [6.45, 7) is 3.90. The minimum absolute atomic E-state index is 0.106. The number of nitrogens with zero attached hydrogens (tertiary/aromatic N) is 3. The molecule has 2 aromatic rings. The highest BCUT2D eigenvalue weighted by atomic mass is 32.2. The maximum Gasteiger partial charge on any atom is 0.244 e. The van der Waals surface area contributed by atoms with Gasteiger partial charge in [0.15, 0.2) is 0 Å². The lowest BCUT2D eigenvalue weighted by atomic mass is 10.4. The first kappa shape index (κ1) is 15.5. The lowest BCUT2D eigenvalue weighted by Gasteiger charge is -2.08. The highest BCUT2D eigenvalue weighted by Gasteiger charge is 2.23. The van der Waals surface area contributed by atoms with Gasteiger partial charge < -0.3 is 5.32 Å². The summed E-state index contributed by atoms with van der Waals surface area (Å²) in [5.41, 5.74) is 1.58. The van der Waals surface area contributed by atoms with Crippen LogP contribution in [0.15, 0.2) is 17.2 Å². The molecule has 0 aliphatic heterocycles. The van der Waals surface area contributed by atoms with Crippen LogP contribution in [0, 0.1) is 13.8 Å². The molecule has 0 atom stereocenters. The Balaban J connectivity index is 2.21. The van der Waals surface area contributed by atoms with Crippen molar-refractivity contribution in [3.63, 3.8) is 0 Å². The van der Waals surface area contributed by atoms with E-state index in [1.54, 1.807) is 33.2 Å². The maximum absolute atomic E-state index is 12.4. The average Bonchev–Trinajstić information content (AvgIpc) is 2.79. The number of aryl methyl sites for hydroxylation is 2. The highest BCUT2D eigenvalue weighted by Crippen LogP contribution is 2.17. The van der Waals surface area contributed by atoms with Crippen LogP contribution in [0.25, 0.3) is 0 Å². The van der Waals surface area contributed by atoms with Crippen molar-refractivity contribution < 1.29 is 8.42 Å². The van der Waals surface area contributed by atoms with Crippen LogP contribution in [0.5, 0.6) is 0 Å².